The Labute approximate surface area is 340 Å². The SMILES string of the molecule is CC(C)CC(NC(=O)C(N)CCCN=C(N)N)C(=O)NC(CCCN=C(N)N)C(=O)NC(CCCN=C(N)N)C(=O)NC(CCCN=C(N)N)C(=O)NCCCCN. The molecule has 0 fully saturated rings. The first-order chi connectivity index (χ1) is 27.4. The summed E-state index contributed by atoms with van der Waals surface area (Å²) in [6.45, 7) is 5.26. The number of carbonyl (C=O) groups excluding carboxylic acids is 5. The summed E-state index contributed by atoms with van der Waals surface area (Å²) in [4.78, 5) is 83.7. The van der Waals surface area contributed by atoms with Gasteiger partial charge >= 0.3 is 0 Å². The topological polar surface area (TPSA) is 455 Å². The van der Waals surface area contributed by atoms with Crippen LogP contribution in [-0.2, 0) is 24.0 Å². The van der Waals surface area contributed by atoms with Crippen LogP contribution in [0.15, 0.2) is 20.0 Å². The molecule has 5 amide bonds. The Kier molecular flexibility index (Phi) is 27.5. The zero-order valence-electron chi connectivity index (χ0n) is 34.1. The molecule has 0 aliphatic rings. The van der Waals surface area contributed by atoms with Gasteiger partial charge in [0.25, 0.3) is 0 Å². The van der Waals surface area contributed by atoms with Crippen LogP contribution in [0.25, 0.3) is 0 Å². The largest absolute Gasteiger partial charge is 0.370 e. The number of hydrogen-bond donors (Lipinski definition) is 15. The number of nitrogens with two attached hydrogens (primary N) is 10. The van der Waals surface area contributed by atoms with Crippen molar-refractivity contribution in [3.63, 3.8) is 0 Å². The van der Waals surface area contributed by atoms with E-state index >= 15 is 0 Å². The molecule has 24 nitrogen and oxygen atoms in total. The number of nitrogens with one attached hydrogen (secondary N) is 5. The predicted octanol–water partition coefficient (Wildman–Crippen LogP) is -5.63. The maximum Gasteiger partial charge on any atom is 0.243 e. The van der Waals surface area contributed by atoms with Crippen LogP contribution >= 0.6 is 0 Å². The highest BCUT2D eigenvalue weighted by molar-refractivity contribution is 5.96. The molecule has 0 bridgehead atoms. The second-order valence-electron chi connectivity index (χ2n) is 14.1. The maximum absolute atomic E-state index is 14.0. The second-order valence-corrected chi connectivity index (χ2v) is 14.1. The van der Waals surface area contributed by atoms with Crippen LogP contribution in [0.1, 0.15) is 84.5 Å². The number of carbonyl (C=O) groups is 5. The summed E-state index contributed by atoms with van der Waals surface area (Å²) in [7, 11) is 0. The van der Waals surface area contributed by atoms with Gasteiger partial charge in [0.15, 0.2) is 23.8 Å². The monoisotopic (exact) mass is 826 g/mol. The molecule has 0 aromatic carbocycles. The first-order valence-corrected chi connectivity index (χ1v) is 19.5. The summed E-state index contributed by atoms with van der Waals surface area (Å²) in [5.74, 6) is -3.64. The molecule has 0 heterocycles. The standard InChI is InChI=1S/C34H71N19O5/c1-20(2)19-25(53-26(54)21(36)9-5-15-46-31(37)38)30(58)52-24(12-8-18-49-34(43)44)29(57)51-23(11-7-17-48-33(41)42)28(56)50-22(10-6-16-47-32(39)40)27(55)45-14-4-3-13-35/h20-25H,3-19,35-36H2,1-2H3,(H,45,55)(H,50,56)(H,51,57)(H,52,58)(H,53,54)(H4,37,38,46)(H4,39,40,47)(H4,41,42,48)(H4,43,44,49). The third-order valence-corrected chi connectivity index (χ3v) is 8.31. The van der Waals surface area contributed by atoms with Crippen molar-refractivity contribution in [3.8, 4) is 0 Å². The Morgan fingerprint density at radius 2 is 0.810 bits per heavy atom. The van der Waals surface area contributed by atoms with Crippen LogP contribution in [0.3, 0.4) is 0 Å². The highest BCUT2D eigenvalue weighted by Gasteiger charge is 2.32. The zero-order chi connectivity index (χ0) is 44.0. The molecule has 0 saturated heterocycles. The lowest BCUT2D eigenvalue weighted by Crippen LogP contribution is -2.59. The first kappa shape index (κ1) is 52.3. The predicted molar refractivity (Wildman–Crippen MR) is 226 cm³/mol. The fourth-order valence-corrected chi connectivity index (χ4v) is 5.37. The van der Waals surface area contributed by atoms with Gasteiger partial charge in [0.1, 0.15) is 24.2 Å². The van der Waals surface area contributed by atoms with Gasteiger partial charge in [0.2, 0.25) is 29.5 Å². The van der Waals surface area contributed by atoms with Gasteiger partial charge in [-0.3, -0.25) is 43.9 Å². The lowest BCUT2D eigenvalue weighted by atomic mass is 10.0. The molecule has 5 unspecified atom stereocenters. The lowest BCUT2D eigenvalue weighted by Gasteiger charge is -2.27. The quantitative estimate of drug-likeness (QED) is 0.0176. The van der Waals surface area contributed by atoms with E-state index in [9.17, 15) is 24.0 Å². The minimum Gasteiger partial charge on any atom is -0.370 e. The van der Waals surface area contributed by atoms with Crippen molar-refractivity contribution in [2.24, 2.45) is 83.2 Å². The average molecular weight is 826 g/mol. The van der Waals surface area contributed by atoms with Crippen LogP contribution in [-0.4, -0.2) is 123 Å². The third-order valence-electron chi connectivity index (χ3n) is 8.31. The van der Waals surface area contributed by atoms with Gasteiger partial charge in [-0.1, -0.05) is 13.8 Å². The molecule has 0 saturated carbocycles. The van der Waals surface area contributed by atoms with E-state index in [1.165, 1.54) is 0 Å². The molecule has 0 aliphatic carbocycles. The summed E-state index contributed by atoms with van der Waals surface area (Å²) in [5.41, 5.74) is 55.2. The van der Waals surface area contributed by atoms with Crippen LogP contribution in [0, 0.1) is 5.92 Å². The summed E-state index contributed by atoms with van der Waals surface area (Å²) in [5, 5.41) is 13.7. The van der Waals surface area contributed by atoms with E-state index in [1.54, 1.807) is 0 Å². The van der Waals surface area contributed by atoms with Crippen molar-refractivity contribution >= 4 is 53.4 Å². The number of hydrogen-bond acceptors (Lipinski definition) is 11. The highest BCUT2D eigenvalue weighted by Crippen LogP contribution is 2.10. The van der Waals surface area contributed by atoms with E-state index in [-0.39, 0.29) is 101 Å². The van der Waals surface area contributed by atoms with Gasteiger partial charge in [-0.25, -0.2) is 0 Å². The molecule has 25 N–H and O–H groups in total. The normalized spacial score (nSPS) is 13.3. The van der Waals surface area contributed by atoms with Gasteiger partial charge in [-0.05, 0) is 83.1 Å². The van der Waals surface area contributed by atoms with Gasteiger partial charge in [0, 0.05) is 32.7 Å². The molecule has 0 aliphatic heterocycles. The molecule has 0 radical (unpaired) electrons. The van der Waals surface area contributed by atoms with Gasteiger partial charge in [-0.2, -0.15) is 0 Å². The number of amides is 5. The Morgan fingerprint density at radius 1 is 0.466 bits per heavy atom. The fourth-order valence-electron chi connectivity index (χ4n) is 5.37. The van der Waals surface area contributed by atoms with Gasteiger partial charge < -0.3 is 83.9 Å². The average Bonchev–Trinajstić information content (AvgIpc) is 3.14. The fraction of sp³-hybridized carbons (Fsp3) is 0.735. The number of nitrogens with zero attached hydrogens (tertiary/aromatic N) is 4. The maximum atomic E-state index is 14.0. The number of unbranched alkanes of at least 4 members (excludes halogenated alkanes) is 1. The molecule has 24 heteroatoms. The van der Waals surface area contributed by atoms with Crippen molar-refractivity contribution in [2.75, 3.05) is 39.3 Å². The van der Waals surface area contributed by atoms with Crippen molar-refractivity contribution in [2.45, 2.75) is 115 Å². The minimum atomic E-state index is -1.21. The molecule has 0 rings (SSSR count). The summed E-state index contributed by atoms with van der Waals surface area (Å²) >= 11 is 0. The van der Waals surface area contributed by atoms with Crippen LogP contribution in [0.2, 0.25) is 0 Å². The molecule has 332 valence electrons. The lowest BCUT2D eigenvalue weighted by molar-refractivity contribution is -0.135. The Morgan fingerprint density at radius 3 is 1.17 bits per heavy atom. The van der Waals surface area contributed by atoms with Crippen LogP contribution < -0.4 is 83.9 Å². The van der Waals surface area contributed by atoms with E-state index < -0.39 is 59.7 Å². The smallest absolute Gasteiger partial charge is 0.243 e. The zero-order valence-corrected chi connectivity index (χ0v) is 34.1. The van der Waals surface area contributed by atoms with E-state index in [1.807, 2.05) is 13.8 Å². The number of rotatable bonds is 31. The molecule has 58 heavy (non-hydrogen) atoms. The molecule has 0 spiro atoms. The van der Waals surface area contributed by atoms with Gasteiger partial charge in [-0.15, -0.1) is 0 Å². The van der Waals surface area contributed by atoms with Crippen molar-refractivity contribution in [1.82, 2.24) is 26.6 Å². The molecule has 0 aromatic rings. The minimum absolute atomic E-state index is 0.0436. The van der Waals surface area contributed by atoms with E-state index in [4.69, 9.17) is 57.3 Å². The Hall–Kier alpha value is -5.65. The molecule has 5 atom stereocenters. The van der Waals surface area contributed by atoms with E-state index in [0.29, 0.717) is 38.8 Å². The highest BCUT2D eigenvalue weighted by atomic mass is 16.2. The Balaban J connectivity index is 6.39. The van der Waals surface area contributed by atoms with Crippen LogP contribution in [0.4, 0.5) is 0 Å². The van der Waals surface area contributed by atoms with E-state index in [2.05, 4.69) is 46.6 Å². The van der Waals surface area contributed by atoms with Crippen molar-refractivity contribution in [1.29, 1.82) is 0 Å². The number of guanidine groups is 4. The molecule has 0 aromatic heterocycles. The second kappa shape index (κ2) is 30.5. The summed E-state index contributed by atoms with van der Waals surface area (Å²) in [6, 6.07) is -5.45. The molecular weight excluding hydrogens is 755 g/mol. The van der Waals surface area contributed by atoms with Crippen LogP contribution in [0.5, 0.6) is 0 Å². The summed E-state index contributed by atoms with van der Waals surface area (Å²) < 4.78 is 0. The summed E-state index contributed by atoms with van der Waals surface area (Å²) in [6.07, 6.45) is 3.33. The third kappa shape index (κ3) is 26.2. The van der Waals surface area contributed by atoms with Crippen molar-refractivity contribution in [3.05, 3.63) is 0 Å². The Bertz CT molecular complexity index is 1370. The number of aliphatic imine (C=N–C) groups is 4. The van der Waals surface area contributed by atoms with Gasteiger partial charge in [0.05, 0.1) is 6.04 Å². The molecular formula is C34H71N19O5. The van der Waals surface area contributed by atoms with E-state index in [0.717, 1.165) is 0 Å². The first-order valence-electron chi connectivity index (χ1n) is 19.5. The van der Waals surface area contributed by atoms with Crippen molar-refractivity contribution < 1.29 is 24.0 Å².